The van der Waals surface area contributed by atoms with E-state index in [-0.39, 0.29) is 13.4 Å². The molecule has 0 spiro atoms. The molecule has 0 saturated carbocycles. The van der Waals surface area contributed by atoms with Gasteiger partial charge in [0.05, 0.1) is 0 Å². The lowest BCUT2D eigenvalue weighted by Gasteiger charge is -2.04. The lowest BCUT2D eigenvalue weighted by atomic mass is 10.1. The lowest BCUT2D eigenvalue weighted by Crippen LogP contribution is -2.32. The maximum absolute atomic E-state index is 10.7. The molecule has 0 aliphatic heterocycles. The van der Waals surface area contributed by atoms with Crippen molar-refractivity contribution in [3.8, 4) is 0 Å². The van der Waals surface area contributed by atoms with E-state index in [1.54, 1.807) is 10.8 Å². The van der Waals surface area contributed by atoms with Crippen molar-refractivity contribution < 1.29 is 11.3 Å². The molecule has 0 aliphatic rings. The molecule has 1 aromatic carbocycles. The van der Waals surface area contributed by atoms with Gasteiger partial charge in [0.15, 0.2) is 0 Å². The highest BCUT2D eigenvalue weighted by Gasteiger charge is 2.15. The highest BCUT2D eigenvalue weighted by molar-refractivity contribution is 5.85. The van der Waals surface area contributed by atoms with Crippen molar-refractivity contribution in [1.29, 1.82) is 0 Å². The molecule has 0 radical (unpaired) electrons. The summed E-state index contributed by atoms with van der Waals surface area (Å²) in [4.78, 5) is 10.7. The normalized spacial score (nSPS) is 13.7. The van der Waals surface area contributed by atoms with Crippen molar-refractivity contribution in [3.05, 3.63) is 36.0 Å². The van der Waals surface area contributed by atoms with Gasteiger partial charge in [0.2, 0.25) is 0 Å². The Labute approximate surface area is 94.7 Å². The van der Waals surface area contributed by atoms with Crippen LogP contribution in [0.1, 0.15) is 6.93 Å². The molecule has 1 aromatic heterocycles. The average molecular weight is 219 g/mol. The molecular weight excluding hydrogens is 204 g/mol. The standard InChI is InChI=1S/C12H14N2O2/c1-14-7-8(6-10(13)12(15)16)9-4-2-3-5-11(9)14/h2-5,7,10H,6,13H2,1H3,(H,15,16)/i1D. The van der Waals surface area contributed by atoms with Gasteiger partial charge in [-0.25, -0.2) is 0 Å². The van der Waals surface area contributed by atoms with E-state index in [0.29, 0.717) is 0 Å². The number of rotatable bonds is 3. The van der Waals surface area contributed by atoms with E-state index in [1.807, 2.05) is 24.3 Å². The quantitative estimate of drug-likeness (QED) is 0.813. The van der Waals surface area contributed by atoms with Crippen LogP contribution in [0, 0.1) is 0 Å². The van der Waals surface area contributed by atoms with E-state index < -0.39 is 12.0 Å². The zero-order valence-electron chi connectivity index (χ0n) is 9.76. The van der Waals surface area contributed by atoms with Crippen LogP contribution in [-0.2, 0) is 18.2 Å². The largest absolute Gasteiger partial charge is 0.480 e. The Morgan fingerprint density at radius 2 is 2.38 bits per heavy atom. The number of carboxylic acid groups (broad SMARTS) is 1. The minimum absolute atomic E-state index is 0.114. The average Bonchev–Trinajstić information content (AvgIpc) is 2.68. The molecule has 0 amide bonds. The molecule has 0 saturated heterocycles. The van der Waals surface area contributed by atoms with Crippen molar-refractivity contribution in [2.75, 3.05) is 0 Å². The number of carboxylic acids is 1. The van der Waals surface area contributed by atoms with Crippen LogP contribution in [0.4, 0.5) is 0 Å². The van der Waals surface area contributed by atoms with Gasteiger partial charge < -0.3 is 15.4 Å². The molecule has 1 heterocycles. The van der Waals surface area contributed by atoms with E-state index in [0.717, 1.165) is 16.5 Å². The minimum atomic E-state index is -1.01. The second-order valence-electron chi connectivity index (χ2n) is 3.79. The van der Waals surface area contributed by atoms with Crippen LogP contribution in [0.15, 0.2) is 30.5 Å². The number of nitrogens with two attached hydrogens (primary N) is 1. The van der Waals surface area contributed by atoms with E-state index in [1.165, 1.54) is 0 Å². The van der Waals surface area contributed by atoms with Gasteiger partial charge in [0, 0.05) is 31.9 Å². The zero-order chi connectivity index (χ0) is 12.4. The van der Waals surface area contributed by atoms with Crippen LogP contribution in [0.25, 0.3) is 10.9 Å². The molecular formula is C12H14N2O2. The Balaban J connectivity index is 2.44. The number of hydrogen-bond acceptors (Lipinski definition) is 2. The number of benzene rings is 1. The van der Waals surface area contributed by atoms with Crippen LogP contribution in [0.2, 0.25) is 0 Å². The van der Waals surface area contributed by atoms with Crippen molar-refractivity contribution >= 4 is 16.9 Å². The SMILES string of the molecule is [2H]Cn1cc(CC(N)C(=O)O)c2ccccc21. The fourth-order valence-electron chi connectivity index (χ4n) is 1.81. The van der Waals surface area contributed by atoms with Crippen molar-refractivity contribution in [1.82, 2.24) is 4.57 Å². The number of nitrogens with zero attached hydrogens (tertiary/aromatic N) is 1. The summed E-state index contributed by atoms with van der Waals surface area (Å²) >= 11 is 0. The summed E-state index contributed by atoms with van der Waals surface area (Å²) in [5, 5.41) is 9.78. The highest BCUT2D eigenvalue weighted by atomic mass is 16.4. The van der Waals surface area contributed by atoms with E-state index in [4.69, 9.17) is 12.2 Å². The summed E-state index contributed by atoms with van der Waals surface area (Å²) < 4.78 is 9.20. The summed E-state index contributed by atoms with van der Waals surface area (Å²) in [5.41, 5.74) is 7.35. The maximum Gasteiger partial charge on any atom is 0.320 e. The number of fused-ring (bicyclic) bond motifs is 1. The zero-order valence-corrected chi connectivity index (χ0v) is 8.76. The molecule has 3 N–H and O–H groups in total. The van der Waals surface area contributed by atoms with Gasteiger partial charge in [-0.2, -0.15) is 0 Å². The van der Waals surface area contributed by atoms with Crippen LogP contribution >= 0.6 is 0 Å². The third kappa shape index (κ3) is 1.79. The topological polar surface area (TPSA) is 68.2 Å². The monoisotopic (exact) mass is 219 g/mol. The molecule has 0 bridgehead atoms. The van der Waals surface area contributed by atoms with Gasteiger partial charge >= 0.3 is 5.97 Å². The fraction of sp³-hybridized carbons (Fsp3) is 0.250. The second-order valence-corrected chi connectivity index (χ2v) is 3.79. The Hall–Kier alpha value is -1.81. The first-order valence-electron chi connectivity index (χ1n) is 5.68. The number of aliphatic carboxylic acids is 1. The lowest BCUT2D eigenvalue weighted by molar-refractivity contribution is -0.138. The predicted molar refractivity (Wildman–Crippen MR) is 62.2 cm³/mol. The Kier molecular flexibility index (Phi) is 2.34. The highest BCUT2D eigenvalue weighted by Crippen LogP contribution is 2.21. The molecule has 2 rings (SSSR count). The van der Waals surface area contributed by atoms with Crippen LogP contribution in [0.3, 0.4) is 0 Å². The second kappa shape index (κ2) is 3.98. The van der Waals surface area contributed by atoms with Crippen molar-refractivity contribution in [2.24, 2.45) is 12.8 Å². The predicted octanol–water partition coefficient (Wildman–Crippen LogP) is 1.13. The summed E-state index contributed by atoms with van der Waals surface area (Å²) in [6, 6.07) is 6.73. The molecule has 2 aromatic rings. The first-order chi connectivity index (χ1) is 8.13. The van der Waals surface area contributed by atoms with E-state index in [9.17, 15) is 4.79 Å². The Morgan fingerprint density at radius 1 is 1.62 bits per heavy atom. The van der Waals surface area contributed by atoms with Gasteiger partial charge in [-0.3, -0.25) is 4.79 Å². The number of aromatic nitrogens is 1. The molecule has 0 aliphatic carbocycles. The minimum Gasteiger partial charge on any atom is -0.480 e. The maximum atomic E-state index is 10.7. The molecule has 4 nitrogen and oxygen atoms in total. The molecule has 1 atom stereocenters. The van der Waals surface area contributed by atoms with Gasteiger partial charge in [0.1, 0.15) is 6.04 Å². The Bertz CT molecular complexity index is 550. The molecule has 16 heavy (non-hydrogen) atoms. The summed E-state index contributed by atoms with van der Waals surface area (Å²) in [7, 11) is 0.114. The fourth-order valence-corrected chi connectivity index (χ4v) is 1.81. The third-order valence-electron chi connectivity index (χ3n) is 2.63. The third-order valence-corrected chi connectivity index (χ3v) is 2.63. The first kappa shape index (κ1) is 9.42. The number of para-hydroxylation sites is 1. The van der Waals surface area contributed by atoms with Crippen molar-refractivity contribution in [2.45, 2.75) is 12.5 Å². The Morgan fingerprint density at radius 3 is 3.06 bits per heavy atom. The van der Waals surface area contributed by atoms with Gasteiger partial charge in [-0.15, -0.1) is 0 Å². The molecule has 0 fully saturated rings. The summed E-state index contributed by atoms with van der Waals surface area (Å²) in [6.45, 7) is 0. The molecule has 84 valence electrons. The first-order valence-corrected chi connectivity index (χ1v) is 4.98. The van der Waals surface area contributed by atoms with Crippen molar-refractivity contribution in [3.63, 3.8) is 0 Å². The number of aryl methyl sites for hydroxylation is 1. The summed E-state index contributed by atoms with van der Waals surface area (Å²) in [5.74, 6) is -1.01. The van der Waals surface area contributed by atoms with Gasteiger partial charge in [0.25, 0.3) is 0 Å². The van der Waals surface area contributed by atoms with Crippen LogP contribution in [-0.4, -0.2) is 21.7 Å². The summed E-state index contributed by atoms with van der Waals surface area (Å²) in [6.07, 6.45) is 2.09. The van der Waals surface area contributed by atoms with Gasteiger partial charge in [-0.05, 0) is 11.6 Å². The smallest absolute Gasteiger partial charge is 0.320 e. The van der Waals surface area contributed by atoms with E-state index >= 15 is 0 Å². The van der Waals surface area contributed by atoms with E-state index in [2.05, 4.69) is 0 Å². The molecule has 4 heteroatoms. The van der Waals surface area contributed by atoms with Gasteiger partial charge in [-0.1, -0.05) is 18.2 Å². The molecule has 1 unspecified atom stereocenters. The van der Waals surface area contributed by atoms with Crippen LogP contribution in [0.5, 0.6) is 0 Å². The number of carbonyl (C=O) groups is 1. The van der Waals surface area contributed by atoms with Crippen LogP contribution < -0.4 is 5.73 Å². The number of hydrogen-bond donors (Lipinski definition) is 2.